The molecule has 1 fully saturated rings. The summed E-state index contributed by atoms with van der Waals surface area (Å²) in [5.74, 6) is 0.723. The fourth-order valence-electron chi connectivity index (χ4n) is 1.71. The highest BCUT2D eigenvalue weighted by Crippen LogP contribution is 2.09. The van der Waals surface area contributed by atoms with E-state index in [0.717, 1.165) is 25.6 Å². The summed E-state index contributed by atoms with van der Waals surface area (Å²) in [6.45, 7) is 3.74. The van der Waals surface area contributed by atoms with E-state index >= 15 is 0 Å². The molecule has 2 N–H and O–H groups in total. The minimum Gasteiger partial charge on any atom is -0.374 e. The van der Waals surface area contributed by atoms with Crippen LogP contribution in [-0.4, -0.2) is 45.8 Å². The molecule has 0 aliphatic carbocycles. The first-order chi connectivity index (χ1) is 7.29. The van der Waals surface area contributed by atoms with Gasteiger partial charge in [-0.15, -0.1) is 0 Å². The van der Waals surface area contributed by atoms with E-state index in [1.807, 2.05) is 0 Å². The molecule has 90 valence electrons. The van der Waals surface area contributed by atoms with Gasteiger partial charge in [-0.25, -0.2) is 8.78 Å². The lowest BCUT2D eigenvalue weighted by Gasteiger charge is -2.22. The minimum absolute atomic E-state index is 0.370. The molecule has 0 radical (unpaired) electrons. The van der Waals surface area contributed by atoms with Gasteiger partial charge in [0.2, 0.25) is 0 Å². The molecule has 3 nitrogen and oxygen atoms in total. The molecule has 0 spiro atoms. The molecule has 1 rings (SSSR count). The number of ether oxygens (including phenoxy) is 1. The van der Waals surface area contributed by atoms with Gasteiger partial charge in [-0.1, -0.05) is 0 Å². The van der Waals surface area contributed by atoms with Crippen LogP contribution in [0, 0.1) is 5.92 Å². The highest BCUT2D eigenvalue weighted by Gasteiger charge is 2.11. The molecular weight excluding hydrogens is 202 g/mol. The van der Waals surface area contributed by atoms with Gasteiger partial charge in [0.25, 0.3) is 6.43 Å². The van der Waals surface area contributed by atoms with Gasteiger partial charge in [0.15, 0.2) is 0 Å². The summed E-state index contributed by atoms with van der Waals surface area (Å²) in [7, 11) is 0. The van der Waals surface area contributed by atoms with Gasteiger partial charge in [0.05, 0.1) is 6.61 Å². The van der Waals surface area contributed by atoms with Crippen molar-refractivity contribution in [1.29, 1.82) is 0 Å². The zero-order valence-electron chi connectivity index (χ0n) is 8.98. The maximum atomic E-state index is 11.7. The summed E-state index contributed by atoms with van der Waals surface area (Å²) in [6.07, 6.45) is 0.0462. The van der Waals surface area contributed by atoms with E-state index < -0.39 is 13.0 Å². The molecule has 5 heteroatoms. The molecule has 0 atom stereocenters. The lowest BCUT2D eigenvalue weighted by atomic mass is 9.98. The number of hydrogen-bond donors (Lipinski definition) is 2. The molecule has 0 saturated carbocycles. The first kappa shape index (κ1) is 12.8. The third-order valence-corrected chi connectivity index (χ3v) is 2.56. The maximum absolute atomic E-state index is 11.7. The van der Waals surface area contributed by atoms with Gasteiger partial charge in [-0.2, -0.15) is 0 Å². The Morgan fingerprint density at radius 2 is 2.07 bits per heavy atom. The van der Waals surface area contributed by atoms with E-state index in [9.17, 15) is 8.78 Å². The minimum atomic E-state index is -2.35. The van der Waals surface area contributed by atoms with Crippen molar-refractivity contribution in [2.24, 2.45) is 5.92 Å². The predicted octanol–water partition coefficient (Wildman–Crippen LogP) is 0.857. The maximum Gasteiger partial charge on any atom is 0.261 e. The Kier molecular flexibility index (Phi) is 6.80. The molecule has 0 unspecified atom stereocenters. The van der Waals surface area contributed by atoms with Crippen LogP contribution in [0.5, 0.6) is 0 Å². The molecule has 0 aromatic rings. The second-order valence-corrected chi connectivity index (χ2v) is 3.86. The first-order valence-electron chi connectivity index (χ1n) is 5.56. The monoisotopic (exact) mass is 222 g/mol. The molecule has 0 bridgehead atoms. The highest BCUT2D eigenvalue weighted by atomic mass is 19.3. The number of rotatable bonds is 7. The van der Waals surface area contributed by atoms with Crippen LogP contribution in [0.1, 0.15) is 12.8 Å². The van der Waals surface area contributed by atoms with E-state index in [0.29, 0.717) is 13.2 Å². The van der Waals surface area contributed by atoms with Crippen LogP contribution < -0.4 is 10.6 Å². The van der Waals surface area contributed by atoms with Crippen molar-refractivity contribution in [1.82, 2.24) is 10.6 Å². The van der Waals surface area contributed by atoms with E-state index in [1.165, 1.54) is 12.8 Å². The van der Waals surface area contributed by atoms with Crippen LogP contribution in [-0.2, 0) is 4.74 Å². The van der Waals surface area contributed by atoms with E-state index in [4.69, 9.17) is 4.74 Å². The fraction of sp³-hybridized carbons (Fsp3) is 1.00. The Bertz CT molecular complexity index is 152. The topological polar surface area (TPSA) is 33.3 Å². The van der Waals surface area contributed by atoms with Crippen LogP contribution in [0.25, 0.3) is 0 Å². The van der Waals surface area contributed by atoms with Crippen LogP contribution in [0.4, 0.5) is 8.78 Å². The second-order valence-electron chi connectivity index (χ2n) is 3.86. The van der Waals surface area contributed by atoms with Crippen molar-refractivity contribution >= 4 is 0 Å². The summed E-state index contributed by atoms with van der Waals surface area (Å²) in [5.41, 5.74) is 0. The second kappa shape index (κ2) is 7.96. The number of hydrogen-bond acceptors (Lipinski definition) is 3. The quantitative estimate of drug-likeness (QED) is 0.627. The van der Waals surface area contributed by atoms with Crippen molar-refractivity contribution in [3.8, 4) is 0 Å². The van der Waals surface area contributed by atoms with Gasteiger partial charge in [-0.3, -0.25) is 0 Å². The normalized spacial score (nSPS) is 18.6. The molecule has 15 heavy (non-hydrogen) atoms. The predicted molar refractivity (Wildman–Crippen MR) is 55.3 cm³/mol. The zero-order chi connectivity index (χ0) is 10.9. The summed E-state index contributed by atoms with van der Waals surface area (Å²) in [4.78, 5) is 0. The van der Waals surface area contributed by atoms with Crippen molar-refractivity contribution in [3.63, 3.8) is 0 Å². The number of piperidine rings is 1. The van der Waals surface area contributed by atoms with E-state index in [-0.39, 0.29) is 0 Å². The molecule has 0 aromatic carbocycles. The Morgan fingerprint density at radius 1 is 1.33 bits per heavy atom. The van der Waals surface area contributed by atoms with Crippen LogP contribution in [0.3, 0.4) is 0 Å². The molecule has 1 saturated heterocycles. The summed E-state index contributed by atoms with van der Waals surface area (Å²) >= 11 is 0. The van der Waals surface area contributed by atoms with Crippen LogP contribution in [0.2, 0.25) is 0 Å². The van der Waals surface area contributed by atoms with Gasteiger partial charge < -0.3 is 15.4 Å². The van der Waals surface area contributed by atoms with Crippen molar-refractivity contribution in [2.75, 3.05) is 39.4 Å². The van der Waals surface area contributed by atoms with Crippen molar-refractivity contribution in [2.45, 2.75) is 19.3 Å². The third-order valence-electron chi connectivity index (χ3n) is 2.56. The number of nitrogens with one attached hydrogen (secondary N) is 2. The third kappa shape index (κ3) is 6.76. The smallest absolute Gasteiger partial charge is 0.261 e. The number of halogens is 2. The number of alkyl halides is 2. The molecule has 0 aromatic heterocycles. The zero-order valence-corrected chi connectivity index (χ0v) is 8.98. The molecule has 1 aliphatic rings. The van der Waals surface area contributed by atoms with Crippen LogP contribution in [0.15, 0.2) is 0 Å². The van der Waals surface area contributed by atoms with Crippen LogP contribution >= 0.6 is 0 Å². The molecule has 0 amide bonds. The molecule has 1 aliphatic heterocycles. The summed E-state index contributed by atoms with van der Waals surface area (Å²) in [5, 5.41) is 6.53. The van der Waals surface area contributed by atoms with Gasteiger partial charge in [0.1, 0.15) is 6.61 Å². The van der Waals surface area contributed by atoms with Gasteiger partial charge in [0, 0.05) is 6.54 Å². The fourth-order valence-corrected chi connectivity index (χ4v) is 1.71. The lowest BCUT2D eigenvalue weighted by Crippen LogP contribution is -2.34. The average molecular weight is 222 g/mol. The van der Waals surface area contributed by atoms with Crippen molar-refractivity contribution in [3.05, 3.63) is 0 Å². The first-order valence-corrected chi connectivity index (χ1v) is 5.56. The summed E-state index contributed by atoms with van der Waals surface area (Å²) in [6, 6.07) is 0. The Hall–Kier alpha value is -0.260. The highest BCUT2D eigenvalue weighted by molar-refractivity contribution is 4.70. The Morgan fingerprint density at radius 3 is 2.73 bits per heavy atom. The Labute approximate surface area is 89.6 Å². The lowest BCUT2D eigenvalue weighted by molar-refractivity contribution is 0.0185. The van der Waals surface area contributed by atoms with Gasteiger partial charge in [-0.05, 0) is 38.4 Å². The van der Waals surface area contributed by atoms with E-state index in [1.54, 1.807) is 0 Å². The van der Waals surface area contributed by atoms with Gasteiger partial charge >= 0.3 is 0 Å². The molecular formula is C10H20F2N2O. The standard InChI is InChI=1S/C10H20F2N2O/c11-10(12)8-15-6-5-14-7-9-1-3-13-4-2-9/h9-10,13-14H,1-8H2. The summed E-state index contributed by atoms with van der Waals surface area (Å²) < 4.78 is 28.1. The SMILES string of the molecule is FC(F)COCCNCC1CCNCC1. The largest absolute Gasteiger partial charge is 0.374 e. The van der Waals surface area contributed by atoms with E-state index in [2.05, 4.69) is 10.6 Å². The molecule has 1 heterocycles. The van der Waals surface area contributed by atoms with Crippen molar-refractivity contribution < 1.29 is 13.5 Å². The average Bonchev–Trinajstić information content (AvgIpc) is 2.24. The Balaban J connectivity index is 1.83.